The van der Waals surface area contributed by atoms with Crippen molar-refractivity contribution < 1.29 is 13.9 Å². The van der Waals surface area contributed by atoms with Crippen molar-refractivity contribution in [2.24, 2.45) is 0 Å². The summed E-state index contributed by atoms with van der Waals surface area (Å²) < 4.78 is 17.4. The van der Waals surface area contributed by atoms with Crippen LogP contribution in [0, 0.1) is 0 Å². The topological polar surface area (TPSA) is 48.7 Å². The third-order valence-corrected chi connectivity index (χ3v) is 4.15. The van der Waals surface area contributed by atoms with E-state index in [1.165, 1.54) is 0 Å². The molecule has 0 radical (unpaired) electrons. The predicted octanol–water partition coefficient (Wildman–Crippen LogP) is 5.30. The highest BCUT2D eigenvalue weighted by atomic mass is 16.5. The van der Waals surface area contributed by atoms with Gasteiger partial charge in [-0.3, -0.25) is 4.79 Å². The van der Waals surface area contributed by atoms with Gasteiger partial charge in [-0.2, -0.15) is 0 Å². The van der Waals surface area contributed by atoms with Crippen LogP contribution in [-0.2, 0) is 0 Å². The van der Waals surface area contributed by atoms with Crippen LogP contribution in [0.4, 0.5) is 0 Å². The highest BCUT2D eigenvalue weighted by molar-refractivity contribution is 5.90. The smallest absolute Gasteiger partial charge is 0.200 e. The summed E-state index contributed by atoms with van der Waals surface area (Å²) in [6.07, 6.45) is 4.15. The third kappa shape index (κ3) is 3.95. The lowest BCUT2D eigenvalue weighted by Gasteiger charge is -2.08. The number of hydrogen-bond donors (Lipinski definition) is 0. The van der Waals surface area contributed by atoms with Gasteiger partial charge in [0.25, 0.3) is 0 Å². The third-order valence-electron chi connectivity index (χ3n) is 4.15. The molecule has 0 N–H and O–H groups in total. The van der Waals surface area contributed by atoms with Crippen LogP contribution < -0.4 is 14.9 Å². The minimum atomic E-state index is -0.0310. The van der Waals surface area contributed by atoms with E-state index in [2.05, 4.69) is 13.8 Å². The van der Waals surface area contributed by atoms with E-state index in [0.717, 1.165) is 37.2 Å². The van der Waals surface area contributed by atoms with Crippen molar-refractivity contribution in [3.05, 3.63) is 46.6 Å². The highest BCUT2D eigenvalue weighted by Gasteiger charge is 2.10. The molecule has 1 aromatic heterocycles. The summed E-state index contributed by atoms with van der Waals surface area (Å²) >= 11 is 0. The molecule has 2 aromatic carbocycles. The second kappa shape index (κ2) is 8.06. The Bertz CT molecular complexity index is 840. The first-order valence-corrected chi connectivity index (χ1v) is 8.99. The second-order valence-electron chi connectivity index (χ2n) is 6.15. The minimum Gasteiger partial charge on any atom is -0.493 e. The summed E-state index contributed by atoms with van der Waals surface area (Å²) in [5, 5.41) is 1.13. The van der Waals surface area contributed by atoms with Crippen LogP contribution in [-0.4, -0.2) is 13.2 Å². The van der Waals surface area contributed by atoms with Crippen molar-refractivity contribution in [1.82, 2.24) is 0 Å². The zero-order valence-corrected chi connectivity index (χ0v) is 14.8. The summed E-state index contributed by atoms with van der Waals surface area (Å²) in [4.78, 5) is 12.7. The van der Waals surface area contributed by atoms with Crippen LogP contribution in [0.5, 0.6) is 11.5 Å². The number of benzene rings is 2. The quantitative estimate of drug-likeness (QED) is 0.412. The first-order chi connectivity index (χ1) is 12.2. The molecule has 4 nitrogen and oxygen atoms in total. The van der Waals surface area contributed by atoms with Gasteiger partial charge in [0.1, 0.15) is 22.7 Å². The summed E-state index contributed by atoms with van der Waals surface area (Å²) in [6.45, 7) is 5.56. The van der Waals surface area contributed by atoms with E-state index in [0.29, 0.717) is 35.2 Å². The maximum Gasteiger partial charge on any atom is 0.200 e. The van der Waals surface area contributed by atoms with Crippen LogP contribution in [0.1, 0.15) is 39.5 Å². The van der Waals surface area contributed by atoms with Crippen molar-refractivity contribution in [1.29, 1.82) is 0 Å². The molecule has 0 saturated heterocycles. The largest absolute Gasteiger partial charge is 0.493 e. The zero-order chi connectivity index (χ0) is 17.6. The fourth-order valence-corrected chi connectivity index (χ4v) is 2.66. The summed E-state index contributed by atoms with van der Waals surface area (Å²) in [7, 11) is 0. The van der Waals surface area contributed by atoms with Crippen LogP contribution in [0.3, 0.4) is 0 Å². The van der Waals surface area contributed by atoms with Crippen molar-refractivity contribution in [2.45, 2.75) is 39.5 Å². The molecule has 0 amide bonds. The van der Waals surface area contributed by atoms with Gasteiger partial charge >= 0.3 is 0 Å². The number of rotatable bonds is 8. The van der Waals surface area contributed by atoms with Crippen molar-refractivity contribution in [3.63, 3.8) is 0 Å². The molecule has 1 heterocycles. The Morgan fingerprint density at radius 2 is 1.28 bits per heavy atom. The lowest BCUT2D eigenvalue weighted by Crippen LogP contribution is -2.03. The molecule has 0 aliphatic carbocycles. The normalized spacial score (nSPS) is 11.1. The average molecular weight is 340 g/mol. The number of hydrogen-bond acceptors (Lipinski definition) is 4. The van der Waals surface area contributed by atoms with E-state index in [4.69, 9.17) is 13.9 Å². The van der Waals surface area contributed by atoms with E-state index in [-0.39, 0.29) is 5.43 Å². The van der Waals surface area contributed by atoms with Crippen LogP contribution in [0.15, 0.2) is 45.6 Å². The van der Waals surface area contributed by atoms with Gasteiger partial charge in [-0.1, -0.05) is 26.7 Å². The Kier molecular flexibility index (Phi) is 5.59. The van der Waals surface area contributed by atoms with Crippen molar-refractivity contribution in [3.8, 4) is 11.5 Å². The summed E-state index contributed by atoms with van der Waals surface area (Å²) in [5.74, 6) is 1.44. The van der Waals surface area contributed by atoms with E-state index in [1.54, 1.807) is 24.3 Å². The van der Waals surface area contributed by atoms with Gasteiger partial charge in [-0.05, 0) is 37.1 Å². The first kappa shape index (κ1) is 17.3. The molecule has 0 bridgehead atoms. The number of unbranched alkanes of at least 4 members (excludes halogenated alkanes) is 2. The fraction of sp³-hybridized carbons (Fsp3) is 0.381. The molecule has 3 rings (SSSR count). The molecule has 0 unspecified atom stereocenters. The van der Waals surface area contributed by atoms with Gasteiger partial charge < -0.3 is 13.9 Å². The minimum absolute atomic E-state index is 0.0310. The lowest BCUT2D eigenvalue weighted by molar-refractivity contribution is 0.309. The molecule has 132 valence electrons. The molecular formula is C21H24O4. The van der Waals surface area contributed by atoms with E-state index in [1.807, 2.05) is 12.1 Å². The Balaban J connectivity index is 1.96. The van der Waals surface area contributed by atoms with Crippen molar-refractivity contribution in [2.75, 3.05) is 13.2 Å². The molecule has 25 heavy (non-hydrogen) atoms. The summed E-state index contributed by atoms with van der Waals surface area (Å²) in [5.41, 5.74) is 1.05. The molecule has 0 fully saturated rings. The predicted molar refractivity (Wildman–Crippen MR) is 101 cm³/mol. The molecular weight excluding hydrogens is 316 g/mol. The van der Waals surface area contributed by atoms with Gasteiger partial charge in [0.15, 0.2) is 0 Å². The van der Waals surface area contributed by atoms with Gasteiger partial charge in [0, 0.05) is 12.1 Å². The maximum absolute atomic E-state index is 12.7. The van der Waals surface area contributed by atoms with E-state index < -0.39 is 0 Å². The van der Waals surface area contributed by atoms with Gasteiger partial charge in [-0.25, -0.2) is 0 Å². The van der Waals surface area contributed by atoms with E-state index in [9.17, 15) is 4.79 Å². The number of ether oxygens (including phenoxy) is 2. The Hall–Kier alpha value is -2.49. The highest BCUT2D eigenvalue weighted by Crippen LogP contribution is 2.25. The van der Waals surface area contributed by atoms with Gasteiger partial charge in [-0.15, -0.1) is 0 Å². The molecule has 0 aliphatic rings. The lowest BCUT2D eigenvalue weighted by atomic mass is 10.1. The van der Waals surface area contributed by atoms with Crippen molar-refractivity contribution >= 4 is 21.9 Å². The fourth-order valence-electron chi connectivity index (χ4n) is 2.66. The van der Waals surface area contributed by atoms with Gasteiger partial charge in [0.2, 0.25) is 5.43 Å². The van der Waals surface area contributed by atoms with Gasteiger partial charge in [0.05, 0.1) is 24.0 Å². The molecule has 0 spiro atoms. The zero-order valence-electron chi connectivity index (χ0n) is 14.8. The first-order valence-electron chi connectivity index (χ1n) is 8.99. The Morgan fingerprint density at radius 3 is 1.72 bits per heavy atom. The van der Waals surface area contributed by atoms with Crippen LogP contribution in [0.2, 0.25) is 0 Å². The molecule has 4 heteroatoms. The monoisotopic (exact) mass is 340 g/mol. The Morgan fingerprint density at radius 1 is 0.800 bits per heavy atom. The summed E-state index contributed by atoms with van der Waals surface area (Å²) in [6, 6.07) is 10.8. The molecule has 0 atom stereocenters. The second-order valence-corrected chi connectivity index (χ2v) is 6.15. The molecule has 0 aliphatic heterocycles. The average Bonchev–Trinajstić information content (AvgIpc) is 2.62. The van der Waals surface area contributed by atoms with Crippen LogP contribution >= 0.6 is 0 Å². The Labute approximate surface area is 147 Å². The molecule has 0 saturated carbocycles. The maximum atomic E-state index is 12.7. The SMILES string of the molecule is CCCCOc1ccc2c(=O)c3ccc(OCCCC)cc3oc2c1. The number of fused-ring (bicyclic) bond motifs is 2. The standard InChI is InChI=1S/C21H24O4/c1-3-5-11-23-15-7-9-17-19(13-15)25-20-14-16(24-12-6-4-2)8-10-18(20)21(17)22/h7-10,13-14H,3-6,11-12H2,1-2H3. The van der Waals surface area contributed by atoms with Crippen LogP contribution in [0.25, 0.3) is 21.9 Å². The molecule has 3 aromatic rings. The van der Waals surface area contributed by atoms with E-state index >= 15 is 0 Å².